The van der Waals surface area contributed by atoms with Crippen molar-refractivity contribution in [2.45, 2.75) is 6.54 Å². The van der Waals surface area contributed by atoms with Crippen molar-refractivity contribution in [2.75, 3.05) is 0 Å². The molecule has 1 aromatic heterocycles. The maximum Gasteiger partial charge on any atom is 0.304 e. The first-order valence-electron chi connectivity index (χ1n) is 4.09. The van der Waals surface area contributed by atoms with Gasteiger partial charge >= 0.3 is 4.87 Å². The summed E-state index contributed by atoms with van der Waals surface area (Å²) in [4.78, 5) is 13.5. The van der Waals surface area contributed by atoms with Crippen LogP contribution in [0.25, 0.3) is 0 Å². The molecule has 0 fully saturated rings. The molecule has 80 valence electrons. The molecule has 1 aliphatic rings. The Kier molecular flexibility index (Phi) is 3.04. The van der Waals surface area contributed by atoms with Crippen LogP contribution in [0.1, 0.15) is 5.69 Å². The molecule has 7 heteroatoms. The highest BCUT2D eigenvalue weighted by Crippen LogP contribution is 2.17. The second-order valence-electron chi connectivity index (χ2n) is 2.88. The Hall–Kier alpha value is -0.910. The van der Waals surface area contributed by atoms with E-state index < -0.39 is 0 Å². The molecule has 0 radical (unpaired) electrons. The quantitative estimate of drug-likeness (QED) is 0.802. The minimum absolute atomic E-state index is 0.0799. The SMILES string of the molecule is O=c1[nH]c(CN2NC(Cl)=CC=C2Cl)cs1. The first kappa shape index (κ1) is 10.6. The minimum atomic E-state index is -0.0799. The van der Waals surface area contributed by atoms with Crippen LogP contribution >= 0.6 is 34.5 Å². The van der Waals surface area contributed by atoms with Crippen LogP contribution < -0.4 is 10.3 Å². The number of allylic oxidation sites excluding steroid dienone is 2. The minimum Gasteiger partial charge on any atom is -0.315 e. The second-order valence-corrected chi connectivity index (χ2v) is 4.51. The summed E-state index contributed by atoms with van der Waals surface area (Å²) in [5.74, 6) is 0. The van der Waals surface area contributed by atoms with Gasteiger partial charge in [-0.3, -0.25) is 15.2 Å². The molecule has 0 bridgehead atoms. The van der Waals surface area contributed by atoms with E-state index in [1.54, 1.807) is 22.5 Å². The molecule has 0 amide bonds. The van der Waals surface area contributed by atoms with Crippen LogP contribution in [0.4, 0.5) is 0 Å². The Morgan fingerprint density at radius 2 is 2.20 bits per heavy atom. The Morgan fingerprint density at radius 1 is 1.40 bits per heavy atom. The summed E-state index contributed by atoms with van der Waals surface area (Å²) >= 11 is 12.8. The number of aromatic amines is 1. The number of halogens is 2. The number of thiazole rings is 1. The molecule has 0 aromatic carbocycles. The monoisotopic (exact) mass is 263 g/mol. The summed E-state index contributed by atoms with van der Waals surface area (Å²) in [6.45, 7) is 0.456. The molecule has 1 aliphatic heterocycles. The van der Waals surface area contributed by atoms with Gasteiger partial charge in [-0.25, -0.2) is 0 Å². The van der Waals surface area contributed by atoms with E-state index in [4.69, 9.17) is 23.2 Å². The Morgan fingerprint density at radius 3 is 2.87 bits per heavy atom. The van der Waals surface area contributed by atoms with E-state index in [0.29, 0.717) is 16.9 Å². The summed E-state index contributed by atoms with van der Waals surface area (Å²) in [6.07, 6.45) is 3.35. The normalized spacial score (nSPS) is 15.7. The average Bonchev–Trinajstić information content (AvgIpc) is 2.58. The molecular weight excluding hydrogens is 257 g/mol. The van der Waals surface area contributed by atoms with Crippen molar-refractivity contribution in [1.82, 2.24) is 15.4 Å². The predicted octanol–water partition coefficient (Wildman–Crippen LogP) is 1.92. The number of hydrogen-bond donors (Lipinski definition) is 2. The summed E-state index contributed by atoms with van der Waals surface area (Å²) in [7, 11) is 0. The average molecular weight is 264 g/mol. The number of hydrogen-bond acceptors (Lipinski definition) is 4. The van der Waals surface area contributed by atoms with Gasteiger partial charge < -0.3 is 4.98 Å². The zero-order chi connectivity index (χ0) is 10.8. The van der Waals surface area contributed by atoms with Crippen LogP contribution in [0.5, 0.6) is 0 Å². The van der Waals surface area contributed by atoms with Crippen molar-refractivity contribution in [3.05, 3.63) is 43.2 Å². The molecule has 2 N–H and O–H groups in total. The Balaban J connectivity index is 2.11. The third-order valence-electron chi connectivity index (χ3n) is 1.77. The van der Waals surface area contributed by atoms with Crippen molar-refractivity contribution in [2.24, 2.45) is 0 Å². The van der Waals surface area contributed by atoms with Gasteiger partial charge in [0, 0.05) is 5.38 Å². The number of rotatable bonds is 2. The van der Waals surface area contributed by atoms with Crippen LogP contribution in [0.15, 0.2) is 32.6 Å². The molecule has 0 unspecified atom stereocenters. The maximum absolute atomic E-state index is 10.9. The molecule has 0 atom stereocenters. The van der Waals surface area contributed by atoms with E-state index in [2.05, 4.69) is 10.4 Å². The van der Waals surface area contributed by atoms with Gasteiger partial charge in [-0.1, -0.05) is 34.5 Å². The van der Waals surface area contributed by atoms with Crippen molar-refractivity contribution in [3.8, 4) is 0 Å². The lowest BCUT2D eigenvalue weighted by Crippen LogP contribution is -2.35. The van der Waals surface area contributed by atoms with Crippen molar-refractivity contribution >= 4 is 34.5 Å². The number of nitrogens with one attached hydrogen (secondary N) is 2. The largest absolute Gasteiger partial charge is 0.315 e. The first-order valence-corrected chi connectivity index (χ1v) is 5.72. The Labute approximate surface area is 99.8 Å². The lowest BCUT2D eigenvalue weighted by atomic mass is 10.4. The lowest BCUT2D eigenvalue weighted by molar-refractivity contribution is 0.285. The molecular formula is C8H7Cl2N3OS. The Bertz CT molecular complexity index is 476. The third kappa shape index (κ3) is 2.56. The molecule has 2 heterocycles. The number of H-pyrrole nitrogens is 1. The fourth-order valence-electron chi connectivity index (χ4n) is 1.13. The van der Waals surface area contributed by atoms with E-state index in [0.717, 1.165) is 17.0 Å². The van der Waals surface area contributed by atoms with Gasteiger partial charge in [0.05, 0.1) is 12.2 Å². The summed E-state index contributed by atoms with van der Waals surface area (Å²) < 4.78 is 0. The zero-order valence-corrected chi connectivity index (χ0v) is 9.79. The fraction of sp³-hybridized carbons (Fsp3) is 0.125. The van der Waals surface area contributed by atoms with E-state index in [-0.39, 0.29) is 4.87 Å². The molecule has 1 aromatic rings. The van der Waals surface area contributed by atoms with Gasteiger partial charge in [-0.05, 0) is 12.2 Å². The molecule has 2 rings (SSSR count). The van der Waals surface area contributed by atoms with Gasteiger partial charge in [0.25, 0.3) is 0 Å². The van der Waals surface area contributed by atoms with Crippen LogP contribution in [0.2, 0.25) is 0 Å². The molecule has 0 saturated heterocycles. The van der Waals surface area contributed by atoms with Crippen LogP contribution in [0, 0.1) is 0 Å². The lowest BCUT2D eigenvalue weighted by Gasteiger charge is -2.26. The van der Waals surface area contributed by atoms with Gasteiger partial charge in [0.1, 0.15) is 10.3 Å². The third-order valence-corrected chi connectivity index (χ3v) is 3.03. The fourth-order valence-corrected chi connectivity index (χ4v) is 2.03. The van der Waals surface area contributed by atoms with Crippen molar-refractivity contribution < 1.29 is 0 Å². The summed E-state index contributed by atoms with van der Waals surface area (Å²) in [5, 5.41) is 4.39. The molecule has 15 heavy (non-hydrogen) atoms. The molecule has 0 spiro atoms. The van der Waals surface area contributed by atoms with E-state index in [9.17, 15) is 4.79 Å². The zero-order valence-electron chi connectivity index (χ0n) is 7.46. The highest BCUT2D eigenvalue weighted by atomic mass is 35.5. The smallest absolute Gasteiger partial charge is 0.304 e. The topological polar surface area (TPSA) is 48.1 Å². The van der Waals surface area contributed by atoms with E-state index in [1.165, 1.54) is 0 Å². The molecule has 4 nitrogen and oxygen atoms in total. The van der Waals surface area contributed by atoms with E-state index in [1.807, 2.05) is 0 Å². The van der Waals surface area contributed by atoms with E-state index >= 15 is 0 Å². The number of hydrazine groups is 1. The standard InChI is InChI=1S/C8H7Cl2N3OS/c9-6-1-2-7(10)13(12-6)3-5-4-15-8(14)11-5/h1-2,4,12H,3H2,(H,11,14). The molecule has 0 aliphatic carbocycles. The summed E-state index contributed by atoms with van der Waals surface area (Å²) in [5.41, 5.74) is 3.65. The van der Waals surface area contributed by atoms with Gasteiger partial charge in [-0.2, -0.15) is 0 Å². The predicted molar refractivity (Wildman–Crippen MR) is 61.5 cm³/mol. The first-order chi connectivity index (χ1) is 7.15. The van der Waals surface area contributed by atoms with Crippen LogP contribution in [-0.2, 0) is 6.54 Å². The van der Waals surface area contributed by atoms with Gasteiger partial charge in [-0.15, -0.1) is 0 Å². The van der Waals surface area contributed by atoms with Gasteiger partial charge in [0.2, 0.25) is 0 Å². The number of aromatic nitrogens is 1. The second kappa shape index (κ2) is 4.30. The molecule has 0 saturated carbocycles. The number of nitrogens with zero attached hydrogens (tertiary/aromatic N) is 1. The van der Waals surface area contributed by atoms with Crippen LogP contribution in [-0.4, -0.2) is 9.99 Å². The summed E-state index contributed by atoms with van der Waals surface area (Å²) in [6, 6.07) is 0. The van der Waals surface area contributed by atoms with Crippen molar-refractivity contribution in [3.63, 3.8) is 0 Å². The maximum atomic E-state index is 10.9. The van der Waals surface area contributed by atoms with Gasteiger partial charge in [0.15, 0.2) is 0 Å². The van der Waals surface area contributed by atoms with Crippen LogP contribution in [0.3, 0.4) is 0 Å². The highest BCUT2D eigenvalue weighted by molar-refractivity contribution is 7.07. The highest BCUT2D eigenvalue weighted by Gasteiger charge is 2.12. The van der Waals surface area contributed by atoms with Crippen molar-refractivity contribution in [1.29, 1.82) is 0 Å².